The molecule has 0 saturated carbocycles. The van der Waals surface area contributed by atoms with Gasteiger partial charge in [0.2, 0.25) is 21.8 Å². The number of amides is 2. The summed E-state index contributed by atoms with van der Waals surface area (Å²) < 4.78 is 26.3. The third-order valence-corrected chi connectivity index (χ3v) is 7.09. The molecule has 192 valence electrons. The highest BCUT2D eigenvalue weighted by molar-refractivity contribution is 7.92. The number of hydrogen-bond acceptors (Lipinski definition) is 4. The van der Waals surface area contributed by atoms with Crippen LogP contribution in [0.4, 0.5) is 5.69 Å². The second-order valence-corrected chi connectivity index (χ2v) is 11.4. The molecule has 0 spiro atoms. The highest BCUT2D eigenvalue weighted by Crippen LogP contribution is 2.26. The molecular formula is C26H36ClN3O4S. The molecule has 0 bridgehead atoms. The molecule has 0 aliphatic carbocycles. The molecule has 7 nitrogen and oxygen atoms in total. The maximum Gasteiger partial charge on any atom is 0.242 e. The quantitative estimate of drug-likeness (QED) is 0.454. The number of benzene rings is 2. The van der Waals surface area contributed by atoms with Gasteiger partial charge in [-0.15, -0.1) is 0 Å². The van der Waals surface area contributed by atoms with Crippen LogP contribution in [-0.4, -0.2) is 56.6 Å². The topological polar surface area (TPSA) is 86.8 Å². The first-order chi connectivity index (χ1) is 16.4. The summed E-state index contributed by atoms with van der Waals surface area (Å²) in [5, 5.41) is 3.31. The number of carbonyl (C=O) groups excluding carboxylic acids is 2. The van der Waals surface area contributed by atoms with Gasteiger partial charge < -0.3 is 10.2 Å². The zero-order valence-corrected chi connectivity index (χ0v) is 22.7. The molecule has 2 amide bonds. The van der Waals surface area contributed by atoms with Gasteiger partial charge in [0, 0.05) is 30.6 Å². The van der Waals surface area contributed by atoms with Gasteiger partial charge in [0.15, 0.2) is 0 Å². The predicted octanol–water partition coefficient (Wildman–Crippen LogP) is 4.18. The van der Waals surface area contributed by atoms with E-state index in [1.54, 1.807) is 30.0 Å². The molecule has 0 heterocycles. The van der Waals surface area contributed by atoms with E-state index in [0.717, 1.165) is 17.4 Å². The number of rotatable bonds is 12. The van der Waals surface area contributed by atoms with Crippen LogP contribution in [0, 0.1) is 6.92 Å². The molecule has 9 heteroatoms. The highest BCUT2D eigenvalue weighted by atomic mass is 35.5. The van der Waals surface area contributed by atoms with Crippen molar-refractivity contribution in [2.45, 2.75) is 59.0 Å². The van der Waals surface area contributed by atoms with Crippen molar-refractivity contribution < 1.29 is 18.0 Å². The van der Waals surface area contributed by atoms with Gasteiger partial charge in [0.25, 0.3) is 0 Å². The smallest absolute Gasteiger partial charge is 0.242 e. The van der Waals surface area contributed by atoms with E-state index in [1.807, 2.05) is 51.1 Å². The molecule has 0 aromatic heterocycles. The molecule has 0 radical (unpaired) electrons. The third kappa shape index (κ3) is 8.85. The lowest BCUT2D eigenvalue weighted by atomic mass is 10.1. The Morgan fingerprint density at radius 1 is 1.03 bits per heavy atom. The Labute approximate surface area is 214 Å². The predicted molar refractivity (Wildman–Crippen MR) is 142 cm³/mol. The van der Waals surface area contributed by atoms with Crippen molar-refractivity contribution in [2.75, 3.05) is 23.7 Å². The standard InChI is InChI=1S/C26H36ClN3O4S/c1-19(2)28-26(32)21(4)29(17-15-22-10-7-6-8-11-22)25(31)12-9-16-30(35(5,33)34)24-18-23(27)14-13-20(24)3/h6-8,10-11,13-14,18-19,21H,9,12,15-17H2,1-5H3,(H,28,32). The van der Waals surface area contributed by atoms with Crippen molar-refractivity contribution >= 4 is 39.1 Å². The maximum absolute atomic E-state index is 13.2. The summed E-state index contributed by atoms with van der Waals surface area (Å²) in [6, 6.07) is 14.2. The molecule has 35 heavy (non-hydrogen) atoms. The van der Waals surface area contributed by atoms with E-state index >= 15 is 0 Å². The summed E-state index contributed by atoms with van der Waals surface area (Å²) in [5.74, 6) is -0.405. The summed E-state index contributed by atoms with van der Waals surface area (Å²) in [6.07, 6.45) is 2.17. The monoisotopic (exact) mass is 521 g/mol. The van der Waals surface area contributed by atoms with Crippen molar-refractivity contribution in [1.29, 1.82) is 0 Å². The van der Waals surface area contributed by atoms with Crippen LogP contribution in [0.2, 0.25) is 5.02 Å². The van der Waals surface area contributed by atoms with Gasteiger partial charge in [-0.1, -0.05) is 48.0 Å². The summed E-state index contributed by atoms with van der Waals surface area (Å²) in [6.45, 7) is 7.80. The van der Waals surface area contributed by atoms with Crippen LogP contribution in [0.1, 0.15) is 44.7 Å². The summed E-state index contributed by atoms with van der Waals surface area (Å²) in [7, 11) is -3.58. The first-order valence-electron chi connectivity index (χ1n) is 11.8. The lowest BCUT2D eigenvalue weighted by Gasteiger charge is -2.30. The van der Waals surface area contributed by atoms with Crippen molar-refractivity contribution in [2.24, 2.45) is 0 Å². The van der Waals surface area contributed by atoms with Gasteiger partial charge in [-0.05, 0) is 63.8 Å². The first kappa shape index (κ1) is 28.7. The second-order valence-electron chi connectivity index (χ2n) is 9.03. The third-order valence-electron chi connectivity index (χ3n) is 5.67. The fourth-order valence-corrected chi connectivity index (χ4v) is 4.99. The lowest BCUT2D eigenvalue weighted by Crippen LogP contribution is -2.50. The molecule has 2 rings (SSSR count). The van der Waals surface area contributed by atoms with Crippen LogP contribution < -0.4 is 9.62 Å². The molecule has 2 aromatic rings. The van der Waals surface area contributed by atoms with E-state index in [0.29, 0.717) is 30.1 Å². The molecule has 1 N–H and O–H groups in total. The summed E-state index contributed by atoms with van der Waals surface area (Å²) in [4.78, 5) is 27.5. The molecule has 1 atom stereocenters. The average molecular weight is 522 g/mol. The summed E-state index contributed by atoms with van der Waals surface area (Å²) >= 11 is 6.10. The minimum atomic E-state index is -3.58. The molecular weight excluding hydrogens is 486 g/mol. The molecule has 1 unspecified atom stereocenters. The number of nitrogens with one attached hydrogen (secondary N) is 1. The number of anilines is 1. The molecule has 2 aromatic carbocycles. The summed E-state index contributed by atoms with van der Waals surface area (Å²) in [5.41, 5.74) is 2.34. The zero-order chi connectivity index (χ0) is 26.2. The number of aryl methyl sites for hydroxylation is 1. The average Bonchev–Trinajstić information content (AvgIpc) is 2.78. The van der Waals surface area contributed by atoms with Crippen LogP contribution in [-0.2, 0) is 26.0 Å². The van der Waals surface area contributed by atoms with Crippen molar-refractivity contribution in [3.8, 4) is 0 Å². The van der Waals surface area contributed by atoms with Gasteiger partial charge >= 0.3 is 0 Å². The number of nitrogens with zero attached hydrogens (tertiary/aromatic N) is 2. The minimum Gasteiger partial charge on any atom is -0.352 e. The van der Waals surface area contributed by atoms with Crippen molar-refractivity contribution in [3.05, 3.63) is 64.7 Å². The van der Waals surface area contributed by atoms with E-state index in [4.69, 9.17) is 11.6 Å². The normalized spacial score (nSPS) is 12.3. The Hall–Kier alpha value is -2.58. The Bertz CT molecular complexity index is 1110. The van der Waals surface area contributed by atoms with Crippen LogP contribution in [0.5, 0.6) is 0 Å². The lowest BCUT2D eigenvalue weighted by molar-refractivity contribution is -0.140. The SMILES string of the molecule is Cc1ccc(Cl)cc1N(CCCC(=O)N(CCc1ccccc1)C(C)C(=O)NC(C)C)S(C)(=O)=O. The molecule has 0 fully saturated rings. The number of sulfonamides is 1. The fourth-order valence-electron chi connectivity index (χ4n) is 3.81. The van der Waals surface area contributed by atoms with E-state index < -0.39 is 16.1 Å². The van der Waals surface area contributed by atoms with E-state index in [1.165, 1.54) is 4.31 Å². The van der Waals surface area contributed by atoms with Crippen LogP contribution in [0.25, 0.3) is 0 Å². The second kappa shape index (κ2) is 12.9. The van der Waals surface area contributed by atoms with Gasteiger partial charge in [0.1, 0.15) is 6.04 Å². The molecule has 0 aliphatic rings. The Balaban J connectivity index is 2.14. The van der Waals surface area contributed by atoms with Crippen LogP contribution >= 0.6 is 11.6 Å². The van der Waals surface area contributed by atoms with Crippen LogP contribution in [0.3, 0.4) is 0 Å². The fraction of sp³-hybridized carbons (Fsp3) is 0.462. The van der Waals surface area contributed by atoms with Gasteiger partial charge in [-0.2, -0.15) is 0 Å². The molecule has 0 saturated heterocycles. The van der Waals surface area contributed by atoms with Gasteiger partial charge in [-0.25, -0.2) is 8.42 Å². The number of halogens is 1. The van der Waals surface area contributed by atoms with E-state index in [-0.39, 0.29) is 30.8 Å². The van der Waals surface area contributed by atoms with E-state index in [9.17, 15) is 18.0 Å². The van der Waals surface area contributed by atoms with Gasteiger partial charge in [0.05, 0.1) is 11.9 Å². The molecule has 0 aliphatic heterocycles. The Kier molecular flexibility index (Phi) is 10.6. The van der Waals surface area contributed by atoms with Crippen molar-refractivity contribution in [1.82, 2.24) is 10.2 Å². The maximum atomic E-state index is 13.2. The highest BCUT2D eigenvalue weighted by Gasteiger charge is 2.27. The Morgan fingerprint density at radius 2 is 1.69 bits per heavy atom. The van der Waals surface area contributed by atoms with E-state index in [2.05, 4.69) is 5.32 Å². The Morgan fingerprint density at radius 3 is 2.29 bits per heavy atom. The number of carbonyl (C=O) groups is 2. The largest absolute Gasteiger partial charge is 0.352 e. The van der Waals surface area contributed by atoms with Gasteiger partial charge in [-0.3, -0.25) is 13.9 Å². The first-order valence-corrected chi connectivity index (χ1v) is 14.0. The van der Waals surface area contributed by atoms with Crippen molar-refractivity contribution in [3.63, 3.8) is 0 Å². The van der Waals surface area contributed by atoms with Crippen LogP contribution in [0.15, 0.2) is 48.5 Å². The minimum absolute atomic E-state index is 0.0414. The number of hydrogen-bond donors (Lipinski definition) is 1. The zero-order valence-electron chi connectivity index (χ0n) is 21.1.